The minimum Gasteiger partial charge on any atom is -0.374 e. The van der Waals surface area contributed by atoms with Gasteiger partial charge in [0, 0.05) is 27.9 Å². The van der Waals surface area contributed by atoms with Gasteiger partial charge < -0.3 is 4.74 Å². The molecule has 1 rings (SSSR count). The molecule has 0 radical (unpaired) electrons. The van der Waals surface area contributed by atoms with Crippen molar-refractivity contribution in [3.8, 4) is 0 Å². The first-order valence-corrected chi connectivity index (χ1v) is 8.44. The van der Waals surface area contributed by atoms with Crippen LogP contribution < -0.4 is 0 Å². The second-order valence-corrected chi connectivity index (χ2v) is 7.37. The summed E-state index contributed by atoms with van der Waals surface area (Å²) in [6.07, 6.45) is 0.208. The maximum Gasteiger partial charge on any atom is 0.0743 e. The molecule has 16 heavy (non-hydrogen) atoms. The van der Waals surface area contributed by atoms with E-state index in [1.807, 2.05) is 13.8 Å². The Hall–Kier alpha value is 1.58. The van der Waals surface area contributed by atoms with Gasteiger partial charge in [0.25, 0.3) is 0 Å². The predicted octanol–water partition coefficient (Wildman–Crippen LogP) is 6.42. The van der Waals surface area contributed by atoms with E-state index in [0.29, 0.717) is 6.61 Å². The van der Waals surface area contributed by atoms with Crippen molar-refractivity contribution >= 4 is 79.6 Å². The van der Waals surface area contributed by atoms with Crippen molar-refractivity contribution in [2.24, 2.45) is 0 Å². The van der Waals surface area contributed by atoms with Crippen LogP contribution in [0.15, 0.2) is 22.4 Å². The van der Waals surface area contributed by atoms with Gasteiger partial charge in [0.2, 0.25) is 0 Å². The van der Waals surface area contributed by atoms with Crippen LogP contribution >= 0.6 is 79.6 Å². The monoisotopic (exact) mass is 540 g/mol. The van der Waals surface area contributed by atoms with E-state index >= 15 is 0 Å². The molecule has 0 bridgehead atoms. The second-order valence-electron chi connectivity index (χ2n) is 3.41. The highest BCUT2D eigenvalue weighted by Crippen LogP contribution is 2.44. The number of benzene rings is 1. The van der Waals surface area contributed by atoms with E-state index in [0.717, 1.165) is 27.9 Å². The highest BCUT2D eigenvalue weighted by atomic mass is 79.9. The molecule has 1 aromatic rings. The molecule has 0 heterocycles. The summed E-state index contributed by atoms with van der Waals surface area (Å²) in [5, 5.41) is 0. The van der Waals surface area contributed by atoms with E-state index in [-0.39, 0.29) is 6.10 Å². The molecule has 0 saturated carbocycles. The Bertz CT molecular complexity index is 374. The summed E-state index contributed by atoms with van der Waals surface area (Å²) in [5.41, 5.74) is 1.08. The standard InChI is InChI=1S/C10H9Br5O/c1-4(2)16-3-5-6(11)8(13)10(15)9(14)7(5)12/h4H,3H2,1-2H3. The molecule has 0 aromatic heterocycles. The predicted molar refractivity (Wildman–Crippen MR) is 84.9 cm³/mol. The number of hydrogen-bond acceptors (Lipinski definition) is 1. The first kappa shape index (κ1) is 15.6. The third kappa shape index (κ3) is 3.54. The van der Waals surface area contributed by atoms with Gasteiger partial charge in [-0.25, -0.2) is 0 Å². The van der Waals surface area contributed by atoms with Crippen LogP contribution in [-0.4, -0.2) is 6.10 Å². The average Bonchev–Trinajstić information content (AvgIpc) is 2.23. The minimum atomic E-state index is 0.208. The number of rotatable bonds is 3. The number of hydrogen-bond donors (Lipinski definition) is 0. The van der Waals surface area contributed by atoms with Crippen LogP contribution in [0.4, 0.5) is 0 Å². The lowest BCUT2D eigenvalue weighted by molar-refractivity contribution is 0.0649. The zero-order chi connectivity index (χ0) is 12.5. The van der Waals surface area contributed by atoms with Crippen molar-refractivity contribution in [3.63, 3.8) is 0 Å². The molecule has 0 aliphatic rings. The van der Waals surface area contributed by atoms with E-state index in [1.54, 1.807) is 0 Å². The van der Waals surface area contributed by atoms with Crippen molar-refractivity contribution in [2.45, 2.75) is 26.6 Å². The lowest BCUT2D eigenvalue weighted by atomic mass is 10.2. The van der Waals surface area contributed by atoms with Gasteiger partial charge in [-0.1, -0.05) is 0 Å². The molecule has 0 amide bonds. The van der Waals surface area contributed by atoms with Gasteiger partial charge in [-0.05, 0) is 93.5 Å². The zero-order valence-electron chi connectivity index (χ0n) is 8.58. The smallest absolute Gasteiger partial charge is 0.0743 e. The first-order valence-electron chi connectivity index (χ1n) is 4.48. The number of ether oxygens (including phenoxy) is 1. The van der Waals surface area contributed by atoms with Crippen LogP contribution in [-0.2, 0) is 11.3 Å². The molecular formula is C10H9Br5O. The summed E-state index contributed by atoms with van der Waals surface area (Å²) >= 11 is 17.7. The van der Waals surface area contributed by atoms with Crippen molar-refractivity contribution in [1.82, 2.24) is 0 Å². The van der Waals surface area contributed by atoms with E-state index in [1.165, 1.54) is 0 Å². The molecule has 0 fully saturated rings. The minimum absolute atomic E-state index is 0.208. The van der Waals surface area contributed by atoms with E-state index in [4.69, 9.17) is 4.74 Å². The molecule has 90 valence electrons. The molecule has 0 atom stereocenters. The quantitative estimate of drug-likeness (QED) is 0.315. The van der Waals surface area contributed by atoms with Crippen LogP contribution in [0.25, 0.3) is 0 Å². The maximum atomic E-state index is 5.62. The third-order valence-corrected chi connectivity index (χ3v) is 8.12. The van der Waals surface area contributed by atoms with E-state index in [2.05, 4.69) is 79.6 Å². The Morgan fingerprint density at radius 1 is 0.812 bits per heavy atom. The van der Waals surface area contributed by atoms with Crippen LogP contribution in [0, 0.1) is 0 Å². The summed E-state index contributed by atoms with van der Waals surface area (Å²) in [6.45, 7) is 4.60. The Balaban J connectivity index is 3.18. The van der Waals surface area contributed by atoms with Gasteiger partial charge in [0.1, 0.15) is 0 Å². The van der Waals surface area contributed by atoms with Crippen LogP contribution in [0.5, 0.6) is 0 Å². The van der Waals surface area contributed by atoms with Crippen molar-refractivity contribution in [3.05, 3.63) is 27.9 Å². The maximum absolute atomic E-state index is 5.62. The van der Waals surface area contributed by atoms with Crippen molar-refractivity contribution in [1.29, 1.82) is 0 Å². The second kappa shape index (κ2) is 6.66. The van der Waals surface area contributed by atoms with Crippen molar-refractivity contribution in [2.75, 3.05) is 0 Å². The molecule has 0 N–H and O–H groups in total. The van der Waals surface area contributed by atoms with Crippen molar-refractivity contribution < 1.29 is 4.74 Å². The molecule has 0 aliphatic carbocycles. The zero-order valence-corrected chi connectivity index (χ0v) is 16.5. The summed E-state index contributed by atoms with van der Waals surface area (Å²) in [7, 11) is 0. The van der Waals surface area contributed by atoms with Crippen LogP contribution in [0.2, 0.25) is 0 Å². The summed E-state index contributed by atoms with van der Waals surface area (Å²) in [5.74, 6) is 0. The SMILES string of the molecule is CC(C)OCc1c(Br)c(Br)c(Br)c(Br)c1Br. The summed E-state index contributed by atoms with van der Waals surface area (Å²) in [4.78, 5) is 0. The fourth-order valence-corrected chi connectivity index (χ4v) is 4.38. The van der Waals surface area contributed by atoms with Gasteiger partial charge in [-0.15, -0.1) is 0 Å². The summed E-state index contributed by atoms with van der Waals surface area (Å²) < 4.78 is 10.5. The van der Waals surface area contributed by atoms with Gasteiger partial charge >= 0.3 is 0 Å². The van der Waals surface area contributed by atoms with Gasteiger partial charge in [0.05, 0.1) is 12.7 Å². The van der Waals surface area contributed by atoms with Gasteiger partial charge in [0.15, 0.2) is 0 Å². The average molecular weight is 545 g/mol. The molecule has 0 saturated heterocycles. The Morgan fingerprint density at radius 3 is 1.56 bits per heavy atom. The highest BCUT2D eigenvalue weighted by molar-refractivity contribution is 9.15. The highest BCUT2D eigenvalue weighted by Gasteiger charge is 2.17. The fourth-order valence-electron chi connectivity index (χ4n) is 1.03. The molecule has 1 nitrogen and oxygen atoms in total. The number of halogens is 5. The fraction of sp³-hybridized carbons (Fsp3) is 0.400. The largest absolute Gasteiger partial charge is 0.374 e. The lowest BCUT2D eigenvalue weighted by Crippen LogP contribution is -2.04. The molecule has 0 spiro atoms. The van der Waals surface area contributed by atoms with Gasteiger partial charge in [-0.2, -0.15) is 0 Å². The topological polar surface area (TPSA) is 9.23 Å². The molecule has 0 unspecified atom stereocenters. The van der Waals surface area contributed by atoms with Crippen LogP contribution in [0.3, 0.4) is 0 Å². The Labute approximate surface area is 137 Å². The van der Waals surface area contributed by atoms with Gasteiger partial charge in [-0.3, -0.25) is 0 Å². The molecular weight excluding hydrogens is 536 g/mol. The Morgan fingerprint density at radius 2 is 1.19 bits per heavy atom. The van der Waals surface area contributed by atoms with E-state index in [9.17, 15) is 0 Å². The first-order chi connectivity index (χ1) is 7.36. The van der Waals surface area contributed by atoms with Crippen LogP contribution in [0.1, 0.15) is 19.4 Å². The molecule has 0 aliphatic heterocycles. The third-order valence-electron chi connectivity index (χ3n) is 1.86. The molecule has 1 aromatic carbocycles. The lowest BCUT2D eigenvalue weighted by Gasteiger charge is -2.15. The summed E-state index contributed by atoms with van der Waals surface area (Å²) in [6, 6.07) is 0. The molecule has 6 heteroatoms. The Kier molecular flexibility index (Phi) is 6.51. The normalized spacial score (nSPS) is 11.2. The van der Waals surface area contributed by atoms with E-state index < -0.39 is 0 Å².